The molecule has 0 radical (unpaired) electrons. The van der Waals surface area contributed by atoms with Crippen LogP contribution in [0.4, 0.5) is 35.5 Å². The Balaban J connectivity index is 1.80. The van der Waals surface area contributed by atoms with Gasteiger partial charge >= 0.3 is 18.4 Å². The number of sulfone groups is 1. The van der Waals surface area contributed by atoms with E-state index in [4.69, 9.17) is 4.74 Å². The molecule has 1 aliphatic rings. The lowest BCUT2D eigenvalue weighted by Gasteiger charge is -2.50. The van der Waals surface area contributed by atoms with Crippen molar-refractivity contribution >= 4 is 24.0 Å². The molecule has 0 atom stereocenters. The van der Waals surface area contributed by atoms with Crippen molar-refractivity contribution in [2.45, 2.75) is 78.8 Å². The van der Waals surface area contributed by atoms with E-state index in [2.05, 4.69) is 0 Å². The largest absolute Gasteiger partial charge is 0.465 e. The number of halogens is 7. The molecule has 6 nitrogen and oxygen atoms in total. The van der Waals surface area contributed by atoms with Gasteiger partial charge in [-0.2, -0.15) is 26.3 Å². The van der Waals surface area contributed by atoms with Crippen LogP contribution in [0.25, 0.3) is 0 Å². The van der Waals surface area contributed by atoms with Gasteiger partial charge in [0.1, 0.15) is 10.6 Å². The van der Waals surface area contributed by atoms with Crippen molar-refractivity contribution in [3.05, 3.63) is 101 Å². The van der Waals surface area contributed by atoms with Crippen LogP contribution >= 0.6 is 0 Å². The molecular weight excluding hydrogens is 671 g/mol. The lowest BCUT2D eigenvalue weighted by atomic mass is 9.73. The summed E-state index contributed by atoms with van der Waals surface area (Å²) in [7, 11) is -6.21. The molecule has 47 heavy (non-hydrogen) atoms. The molecule has 0 unspecified atom stereocenters. The molecule has 3 aromatic rings. The standard InChI is InChI=1S/C32H34F7NO5SSi/c1-47(2,3)18-17-40(28(41)42)26-19-29(20-26,46(43,44)27-15-13-25(33)14-16-27)23-9-11-24(12-10-23)30(31(34,35)36,32(37,38)39)45-21-22-7-5-4-6-8-22/h4-16,26H,17-21H2,1-3H3,(H,41,42). The molecule has 4 rings (SSSR count). The van der Waals surface area contributed by atoms with Crippen molar-refractivity contribution in [3.63, 3.8) is 0 Å². The van der Waals surface area contributed by atoms with Gasteiger partial charge in [-0.3, -0.25) is 0 Å². The maximum Gasteiger partial charge on any atom is 0.430 e. The van der Waals surface area contributed by atoms with Gasteiger partial charge in [-0.25, -0.2) is 17.6 Å². The van der Waals surface area contributed by atoms with Gasteiger partial charge in [0, 0.05) is 26.2 Å². The maximum absolute atomic E-state index is 14.5. The number of carbonyl (C=O) groups is 1. The Hall–Kier alpha value is -3.43. The average molecular weight is 706 g/mol. The molecule has 0 heterocycles. The lowest BCUT2D eigenvalue weighted by Crippen LogP contribution is -2.58. The molecule has 1 amide bonds. The van der Waals surface area contributed by atoms with Gasteiger partial charge in [-0.15, -0.1) is 0 Å². The quantitative estimate of drug-likeness (QED) is 0.123. The van der Waals surface area contributed by atoms with Crippen LogP contribution in [0.15, 0.2) is 83.8 Å². The molecule has 1 fully saturated rings. The highest BCUT2D eigenvalue weighted by Crippen LogP contribution is 2.56. The molecule has 1 N–H and O–H groups in total. The van der Waals surface area contributed by atoms with Crippen LogP contribution in [0, 0.1) is 5.82 Å². The van der Waals surface area contributed by atoms with Gasteiger partial charge in [-0.05, 0) is 54.3 Å². The van der Waals surface area contributed by atoms with Crippen molar-refractivity contribution in [3.8, 4) is 0 Å². The van der Waals surface area contributed by atoms with Crippen molar-refractivity contribution in [2.75, 3.05) is 6.54 Å². The molecule has 1 saturated carbocycles. The van der Waals surface area contributed by atoms with Gasteiger partial charge in [0.25, 0.3) is 5.60 Å². The Bertz CT molecular complexity index is 1640. The van der Waals surface area contributed by atoms with Crippen LogP contribution in [0.5, 0.6) is 0 Å². The Morgan fingerprint density at radius 2 is 1.43 bits per heavy atom. The average Bonchev–Trinajstić information content (AvgIpc) is 2.93. The molecular formula is C32H34F7NO5SSi. The van der Waals surface area contributed by atoms with Crippen LogP contribution in [-0.2, 0) is 31.5 Å². The Kier molecular flexibility index (Phi) is 9.98. The van der Waals surface area contributed by atoms with Gasteiger partial charge in [0.2, 0.25) is 0 Å². The predicted molar refractivity (Wildman–Crippen MR) is 163 cm³/mol. The summed E-state index contributed by atoms with van der Waals surface area (Å²) in [6.07, 6.45) is -13.9. The van der Waals surface area contributed by atoms with Crippen LogP contribution in [0.3, 0.4) is 0 Å². The summed E-state index contributed by atoms with van der Waals surface area (Å²) in [5, 5.41) is 9.93. The molecule has 3 aromatic carbocycles. The maximum atomic E-state index is 14.5. The van der Waals surface area contributed by atoms with E-state index in [0.29, 0.717) is 18.2 Å². The minimum atomic E-state index is -5.97. The van der Waals surface area contributed by atoms with E-state index in [9.17, 15) is 49.1 Å². The second-order valence-corrected chi connectivity index (χ2v) is 20.7. The van der Waals surface area contributed by atoms with Gasteiger partial charge < -0.3 is 14.7 Å². The van der Waals surface area contributed by atoms with E-state index in [1.54, 1.807) is 0 Å². The van der Waals surface area contributed by atoms with E-state index < -0.39 is 70.7 Å². The highest BCUT2D eigenvalue weighted by Gasteiger charge is 2.73. The number of ether oxygens (including phenoxy) is 1. The first-order valence-corrected chi connectivity index (χ1v) is 19.8. The molecule has 0 aliphatic heterocycles. The monoisotopic (exact) mass is 705 g/mol. The number of nitrogens with zero attached hydrogens (tertiary/aromatic N) is 1. The smallest absolute Gasteiger partial charge is 0.430 e. The van der Waals surface area contributed by atoms with E-state index in [-0.39, 0.29) is 35.4 Å². The molecule has 0 aromatic heterocycles. The SMILES string of the molecule is C[Si](C)(C)CCN(C(=O)O)C1CC(c2ccc(C(OCc3ccccc3)(C(F)(F)F)C(F)(F)F)cc2)(S(=O)(=O)c2ccc(F)cc2)C1. The molecule has 0 saturated heterocycles. The minimum absolute atomic E-state index is 0.0592. The van der Waals surface area contributed by atoms with Gasteiger partial charge in [-0.1, -0.05) is 74.2 Å². The van der Waals surface area contributed by atoms with Crippen LogP contribution in [0.2, 0.25) is 25.7 Å². The number of rotatable bonds is 11. The zero-order chi connectivity index (χ0) is 35.1. The summed E-state index contributed by atoms with van der Waals surface area (Å²) in [5.74, 6) is -0.733. The Morgan fingerprint density at radius 1 is 0.894 bits per heavy atom. The minimum Gasteiger partial charge on any atom is -0.465 e. The molecule has 1 aliphatic carbocycles. The first-order chi connectivity index (χ1) is 21.6. The van der Waals surface area contributed by atoms with Crippen LogP contribution in [-0.4, -0.2) is 57.5 Å². The predicted octanol–water partition coefficient (Wildman–Crippen LogP) is 8.51. The number of carboxylic acid groups (broad SMARTS) is 1. The van der Waals surface area contributed by atoms with Crippen LogP contribution in [0.1, 0.15) is 29.5 Å². The summed E-state index contributed by atoms with van der Waals surface area (Å²) in [6, 6.07) is 13.4. The highest BCUT2D eigenvalue weighted by atomic mass is 32.2. The number of amides is 1. The summed E-state index contributed by atoms with van der Waals surface area (Å²) in [4.78, 5) is 13.0. The zero-order valence-electron chi connectivity index (χ0n) is 25.7. The highest BCUT2D eigenvalue weighted by molar-refractivity contribution is 7.92. The fourth-order valence-electron chi connectivity index (χ4n) is 5.77. The summed E-state index contributed by atoms with van der Waals surface area (Å²) < 4.78 is 131. The summed E-state index contributed by atoms with van der Waals surface area (Å²) in [5.41, 5.74) is -6.15. The van der Waals surface area contributed by atoms with E-state index in [1.807, 2.05) is 19.6 Å². The van der Waals surface area contributed by atoms with E-state index in [0.717, 1.165) is 41.3 Å². The van der Waals surface area contributed by atoms with Crippen molar-refractivity contribution < 1.29 is 53.8 Å². The number of benzene rings is 3. The van der Waals surface area contributed by atoms with Crippen molar-refractivity contribution in [2.24, 2.45) is 0 Å². The van der Waals surface area contributed by atoms with Crippen molar-refractivity contribution in [1.29, 1.82) is 0 Å². The number of hydrogen-bond acceptors (Lipinski definition) is 4. The second-order valence-electron chi connectivity index (χ2n) is 12.8. The normalized spacial score (nSPS) is 19.2. The van der Waals surface area contributed by atoms with Gasteiger partial charge in [0.15, 0.2) is 9.84 Å². The summed E-state index contributed by atoms with van der Waals surface area (Å²) >= 11 is 0. The third kappa shape index (κ3) is 7.07. The fourth-order valence-corrected chi connectivity index (χ4v) is 8.90. The lowest BCUT2D eigenvalue weighted by molar-refractivity contribution is -0.392. The Morgan fingerprint density at radius 3 is 1.89 bits per heavy atom. The molecule has 15 heteroatoms. The first-order valence-electron chi connectivity index (χ1n) is 14.6. The zero-order valence-corrected chi connectivity index (χ0v) is 27.5. The van der Waals surface area contributed by atoms with Gasteiger partial charge in [0.05, 0.1) is 11.5 Å². The topological polar surface area (TPSA) is 83.9 Å². The Labute approximate surface area is 269 Å². The number of hydrogen-bond donors (Lipinski definition) is 1. The second kappa shape index (κ2) is 12.9. The number of alkyl halides is 6. The molecule has 0 spiro atoms. The summed E-state index contributed by atoms with van der Waals surface area (Å²) in [6.45, 7) is 5.19. The van der Waals surface area contributed by atoms with E-state index in [1.165, 1.54) is 30.3 Å². The third-order valence-electron chi connectivity index (χ3n) is 8.47. The first kappa shape index (κ1) is 36.4. The van der Waals surface area contributed by atoms with E-state index >= 15 is 0 Å². The fraction of sp³-hybridized carbons (Fsp3) is 0.406. The van der Waals surface area contributed by atoms with Crippen LogP contribution < -0.4 is 0 Å². The van der Waals surface area contributed by atoms with Crippen molar-refractivity contribution in [1.82, 2.24) is 4.90 Å². The third-order valence-corrected chi connectivity index (χ3v) is 12.7. The molecule has 256 valence electrons. The molecule has 0 bridgehead atoms.